The number of aryl methyl sites for hydroxylation is 1. The fraction of sp³-hybridized carbons (Fsp3) is 0.167. The smallest absolute Gasteiger partial charge is 0.358 e. The van der Waals surface area contributed by atoms with Crippen LogP contribution in [-0.4, -0.2) is 20.9 Å². The van der Waals surface area contributed by atoms with E-state index in [-0.39, 0.29) is 11.4 Å². The fourth-order valence-corrected chi connectivity index (χ4v) is 1.50. The second-order valence-corrected chi connectivity index (χ2v) is 3.56. The molecule has 1 aromatic carbocycles. The molecule has 2 aromatic rings. The zero-order chi connectivity index (χ0) is 12.3. The van der Waals surface area contributed by atoms with E-state index in [1.165, 1.54) is 10.9 Å². The number of carbonyl (C=O) groups is 1. The van der Waals surface area contributed by atoms with Gasteiger partial charge in [-0.15, -0.1) is 0 Å². The van der Waals surface area contributed by atoms with Crippen molar-refractivity contribution in [2.24, 2.45) is 7.05 Å². The van der Waals surface area contributed by atoms with Gasteiger partial charge < -0.3 is 9.84 Å². The monoisotopic (exact) mass is 232 g/mol. The lowest BCUT2D eigenvalue weighted by atomic mass is 10.2. The summed E-state index contributed by atoms with van der Waals surface area (Å²) in [7, 11) is 1.57. The SMILES string of the molecule is Cn1ncc(OCc2ccccc2)c1C(=O)O. The maximum absolute atomic E-state index is 11.0. The van der Waals surface area contributed by atoms with Crippen molar-refractivity contribution < 1.29 is 14.6 Å². The Morgan fingerprint density at radius 3 is 2.76 bits per heavy atom. The van der Waals surface area contributed by atoms with Crippen molar-refractivity contribution in [2.45, 2.75) is 6.61 Å². The summed E-state index contributed by atoms with van der Waals surface area (Å²) in [5, 5.41) is 12.9. The maximum atomic E-state index is 11.0. The lowest BCUT2D eigenvalue weighted by Crippen LogP contribution is -2.07. The Kier molecular flexibility index (Phi) is 3.09. The van der Waals surface area contributed by atoms with Crippen LogP contribution in [0.5, 0.6) is 5.75 Å². The first kappa shape index (κ1) is 11.2. The van der Waals surface area contributed by atoms with Gasteiger partial charge in [-0.05, 0) is 5.56 Å². The lowest BCUT2D eigenvalue weighted by Gasteiger charge is -2.05. The molecule has 0 spiro atoms. The average Bonchev–Trinajstić information content (AvgIpc) is 2.69. The first-order valence-corrected chi connectivity index (χ1v) is 5.10. The fourth-order valence-electron chi connectivity index (χ4n) is 1.50. The average molecular weight is 232 g/mol. The van der Waals surface area contributed by atoms with Crippen LogP contribution in [-0.2, 0) is 13.7 Å². The number of ether oxygens (including phenoxy) is 1. The zero-order valence-corrected chi connectivity index (χ0v) is 9.33. The van der Waals surface area contributed by atoms with Crippen LogP contribution in [0, 0.1) is 0 Å². The largest absolute Gasteiger partial charge is 0.485 e. The Hall–Kier alpha value is -2.30. The maximum Gasteiger partial charge on any atom is 0.358 e. The van der Waals surface area contributed by atoms with Gasteiger partial charge in [-0.25, -0.2) is 4.79 Å². The van der Waals surface area contributed by atoms with Gasteiger partial charge in [-0.1, -0.05) is 30.3 Å². The third-order valence-electron chi connectivity index (χ3n) is 2.34. The van der Waals surface area contributed by atoms with E-state index in [0.29, 0.717) is 6.61 Å². The summed E-state index contributed by atoms with van der Waals surface area (Å²) in [4.78, 5) is 11.0. The number of rotatable bonds is 4. The number of aromatic carboxylic acids is 1. The highest BCUT2D eigenvalue weighted by Crippen LogP contribution is 2.18. The predicted octanol–water partition coefficient (Wildman–Crippen LogP) is 1.70. The molecule has 17 heavy (non-hydrogen) atoms. The quantitative estimate of drug-likeness (QED) is 0.871. The highest BCUT2D eigenvalue weighted by Gasteiger charge is 2.16. The summed E-state index contributed by atoms with van der Waals surface area (Å²) in [6.07, 6.45) is 1.41. The minimum absolute atomic E-state index is 0.0564. The van der Waals surface area contributed by atoms with E-state index in [4.69, 9.17) is 9.84 Å². The summed E-state index contributed by atoms with van der Waals surface area (Å²) >= 11 is 0. The summed E-state index contributed by atoms with van der Waals surface area (Å²) in [6, 6.07) is 9.55. The van der Waals surface area contributed by atoms with Gasteiger partial charge in [-0.3, -0.25) is 4.68 Å². The van der Waals surface area contributed by atoms with Crippen molar-refractivity contribution in [2.75, 3.05) is 0 Å². The van der Waals surface area contributed by atoms with Crippen molar-refractivity contribution >= 4 is 5.97 Å². The Labute approximate surface area is 98.3 Å². The molecule has 0 saturated carbocycles. The Balaban J connectivity index is 2.12. The van der Waals surface area contributed by atoms with E-state index in [1.807, 2.05) is 30.3 Å². The van der Waals surface area contributed by atoms with Gasteiger partial charge in [0, 0.05) is 7.05 Å². The summed E-state index contributed by atoms with van der Waals surface area (Å²) in [5.74, 6) is -0.767. The molecule has 0 radical (unpaired) electrons. The van der Waals surface area contributed by atoms with E-state index in [0.717, 1.165) is 5.56 Å². The van der Waals surface area contributed by atoms with Gasteiger partial charge in [-0.2, -0.15) is 5.10 Å². The van der Waals surface area contributed by atoms with Gasteiger partial charge in [0.1, 0.15) is 6.61 Å². The lowest BCUT2D eigenvalue weighted by molar-refractivity contribution is 0.0679. The molecule has 5 heteroatoms. The highest BCUT2D eigenvalue weighted by molar-refractivity contribution is 5.88. The Morgan fingerprint density at radius 2 is 2.12 bits per heavy atom. The molecule has 88 valence electrons. The van der Waals surface area contributed by atoms with E-state index in [9.17, 15) is 4.79 Å². The van der Waals surface area contributed by atoms with Gasteiger partial charge in [0.15, 0.2) is 11.4 Å². The number of hydrogen-bond acceptors (Lipinski definition) is 3. The molecular formula is C12H12N2O3. The topological polar surface area (TPSA) is 64.4 Å². The molecule has 1 aromatic heterocycles. The van der Waals surface area contributed by atoms with E-state index < -0.39 is 5.97 Å². The predicted molar refractivity (Wildman–Crippen MR) is 60.9 cm³/mol. The number of benzene rings is 1. The van der Waals surface area contributed by atoms with Crippen LogP contribution in [0.25, 0.3) is 0 Å². The third-order valence-corrected chi connectivity index (χ3v) is 2.34. The van der Waals surface area contributed by atoms with Crippen LogP contribution < -0.4 is 4.74 Å². The van der Waals surface area contributed by atoms with Crippen molar-refractivity contribution in [3.05, 3.63) is 47.8 Å². The second kappa shape index (κ2) is 4.69. The van der Waals surface area contributed by atoms with Crippen molar-refractivity contribution in [3.63, 3.8) is 0 Å². The van der Waals surface area contributed by atoms with Crippen molar-refractivity contribution in [1.82, 2.24) is 9.78 Å². The molecule has 0 saturated heterocycles. The molecule has 0 amide bonds. The number of aromatic nitrogens is 2. The Bertz CT molecular complexity index is 520. The van der Waals surface area contributed by atoms with Crippen molar-refractivity contribution in [1.29, 1.82) is 0 Å². The van der Waals surface area contributed by atoms with Crippen LogP contribution in [0.1, 0.15) is 16.1 Å². The molecule has 1 heterocycles. The van der Waals surface area contributed by atoms with E-state index >= 15 is 0 Å². The van der Waals surface area contributed by atoms with Gasteiger partial charge in [0.05, 0.1) is 6.20 Å². The van der Waals surface area contributed by atoms with Crippen LogP contribution >= 0.6 is 0 Å². The van der Waals surface area contributed by atoms with Crippen LogP contribution in [0.15, 0.2) is 36.5 Å². The molecule has 0 aliphatic heterocycles. The number of hydrogen-bond donors (Lipinski definition) is 1. The van der Waals surface area contributed by atoms with Crippen LogP contribution in [0.2, 0.25) is 0 Å². The molecule has 1 N–H and O–H groups in total. The van der Waals surface area contributed by atoms with Gasteiger partial charge in [0.25, 0.3) is 0 Å². The van der Waals surface area contributed by atoms with Crippen LogP contribution in [0.4, 0.5) is 0 Å². The standard InChI is InChI=1S/C12H12N2O3/c1-14-11(12(15)16)10(7-13-14)17-8-9-5-3-2-4-6-9/h2-7H,8H2,1H3,(H,15,16). The van der Waals surface area contributed by atoms with E-state index in [1.54, 1.807) is 7.05 Å². The first-order chi connectivity index (χ1) is 8.18. The van der Waals surface area contributed by atoms with E-state index in [2.05, 4.69) is 5.10 Å². The summed E-state index contributed by atoms with van der Waals surface area (Å²) in [5.41, 5.74) is 1.04. The normalized spacial score (nSPS) is 10.2. The number of nitrogens with zero attached hydrogens (tertiary/aromatic N) is 2. The summed E-state index contributed by atoms with van der Waals surface area (Å²) < 4.78 is 6.72. The number of carboxylic acids is 1. The molecular weight excluding hydrogens is 220 g/mol. The third kappa shape index (κ3) is 2.44. The summed E-state index contributed by atoms with van der Waals surface area (Å²) in [6.45, 7) is 0.326. The first-order valence-electron chi connectivity index (χ1n) is 5.10. The van der Waals surface area contributed by atoms with Crippen LogP contribution in [0.3, 0.4) is 0 Å². The molecule has 0 aliphatic carbocycles. The minimum atomic E-state index is -1.05. The molecule has 5 nitrogen and oxygen atoms in total. The number of carboxylic acid groups (broad SMARTS) is 1. The van der Waals surface area contributed by atoms with Crippen molar-refractivity contribution in [3.8, 4) is 5.75 Å². The molecule has 0 aliphatic rings. The molecule has 0 unspecified atom stereocenters. The molecule has 0 bridgehead atoms. The zero-order valence-electron chi connectivity index (χ0n) is 9.33. The Morgan fingerprint density at radius 1 is 1.41 bits per heavy atom. The highest BCUT2D eigenvalue weighted by atomic mass is 16.5. The van der Waals surface area contributed by atoms with Gasteiger partial charge >= 0.3 is 5.97 Å². The molecule has 0 fully saturated rings. The van der Waals surface area contributed by atoms with Gasteiger partial charge in [0.2, 0.25) is 0 Å². The second-order valence-electron chi connectivity index (χ2n) is 3.56. The minimum Gasteiger partial charge on any atom is -0.485 e. The molecule has 0 atom stereocenters. The molecule has 2 rings (SSSR count).